The molecule has 2 rings (SSSR count). The first-order valence-electron chi connectivity index (χ1n) is 6.54. The summed E-state index contributed by atoms with van der Waals surface area (Å²) in [6.45, 7) is 0.733. The van der Waals surface area contributed by atoms with E-state index in [4.69, 9.17) is 4.74 Å². The molecule has 1 fully saturated rings. The summed E-state index contributed by atoms with van der Waals surface area (Å²) in [5.41, 5.74) is -0.468. The minimum absolute atomic E-state index is 0.0138. The van der Waals surface area contributed by atoms with Crippen molar-refractivity contribution in [3.05, 3.63) is 33.8 Å². The van der Waals surface area contributed by atoms with E-state index in [0.29, 0.717) is 18.4 Å². The number of alkyl halides is 3. The second-order valence-electron chi connectivity index (χ2n) is 4.97. The molecule has 0 spiro atoms. The lowest BCUT2D eigenvalue weighted by atomic mass is 10.00. The molecule has 1 N–H and O–H groups in total. The maximum atomic E-state index is 12.8. The topological polar surface area (TPSA) is 29.5 Å². The van der Waals surface area contributed by atoms with Gasteiger partial charge in [-0.05, 0) is 43.4 Å². The van der Waals surface area contributed by atoms with Gasteiger partial charge in [-0.3, -0.25) is 0 Å². The normalized spacial score (nSPS) is 21.1. The maximum absolute atomic E-state index is 12.8. The summed E-state index contributed by atoms with van der Waals surface area (Å²) < 4.78 is 43.8. The molecule has 1 saturated heterocycles. The van der Waals surface area contributed by atoms with E-state index in [1.54, 1.807) is 0 Å². The molecule has 0 amide bonds. The van der Waals surface area contributed by atoms with Crippen LogP contribution in [0.3, 0.4) is 0 Å². The molecular formula is C14H16BrF3O2. The molecule has 1 aromatic carbocycles. The lowest BCUT2D eigenvalue weighted by Crippen LogP contribution is -2.10. The van der Waals surface area contributed by atoms with Crippen LogP contribution >= 0.6 is 15.9 Å². The summed E-state index contributed by atoms with van der Waals surface area (Å²) in [6.07, 6.45) is -2.15. The van der Waals surface area contributed by atoms with Crippen LogP contribution in [0.4, 0.5) is 13.2 Å². The number of aliphatic hydroxyl groups excluding tert-OH is 1. The smallest absolute Gasteiger partial charge is 0.388 e. The first-order valence-corrected chi connectivity index (χ1v) is 7.33. The molecule has 0 saturated carbocycles. The summed E-state index contributed by atoms with van der Waals surface area (Å²) in [6, 6.07) is 3.84. The van der Waals surface area contributed by atoms with Crippen LogP contribution in [0.15, 0.2) is 22.7 Å². The molecule has 0 bridgehead atoms. The van der Waals surface area contributed by atoms with Crippen molar-refractivity contribution in [2.24, 2.45) is 0 Å². The average molecular weight is 353 g/mol. The molecule has 0 aliphatic carbocycles. The Hall–Kier alpha value is -0.590. The van der Waals surface area contributed by atoms with Gasteiger partial charge >= 0.3 is 6.18 Å². The van der Waals surface area contributed by atoms with Crippen LogP contribution in [0.2, 0.25) is 0 Å². The Bertz CT molecular complexity index is 456. The van der Waals surface area contributed by atoms with E-state index < -0.39 is 17.8 Å². The highest BCUT2D eigenvalue weighted by Gasteiger charge is 2.33. The minimum atomic E-state index is -4.43. The predicted octanol–water partition coefficient (Wildman–Crippen LogP) is 4.46. The summed E-state index contributed by atoms with van der Waals surface area (Å²) in [5, 5.41) is 10.0. The Morgan fingerprint density at radius 2 is 2.15 bits per heavy atom. The van der Waals surface area contributed by atoms with Crippen LogP contribution in [0.5, 0.6) is 0 Å². The monoisotopic (exact) mass is 352 g/mol. The third kappa shape index (κ3) is 3.96. The van der Waals surface area contributed by atoms with Gasteiger partial charge < -0.3 is 9.84 Å². The Morgan fingerprint density at radius 1 is 1.40 bits per heavy atom. The Morgan fingerprint density at radius 3 is 2.75 bits per heavy atom. The molecule has 2 atom stereocenters. The third-order valence-corrected chi connectivity index (χ3v) is 4.16. The van der Waals surface area contributed by atoms with Gasteiger partial charge in [0.05, 0.1) is 17.8 Å². The van der Waals surface area contributed by atoms with E-state index in [1.165, 1.54) is 12.1 Å². The minimum Gasteiger partial charge on any atom is -0.388 e. The summed E-state index contributed by atoms with van der Waals surface area (Å²) in [7, 11) is 0. The zero-order valence-electron chi connectivity index (χ0n) is 10.8. The second-order valence-corrected chi connectivity index (χ2v) is 5.82. The molecule has 1 heterocycles. The zero-order valence-corrected chi connectivity index (χ0v) is 12.4. The molecular weight excluding hydrogens is 337 g/mol. The van der Waals surface area contributed by atoms with Gasteiger partial charge in [0, 0.05) is 11.1 Å². The molecule has 6 heteroatoms. The van der Waals surface area contributed by atoms with Crippen LogP contribution in [-0.4, -0.2) is 17.8 Å². The highest BCUT2D eigenvalue weighted by molar-refractivity contribution is 9.10. The SMILES string of the molecule is OC(CCC1CCCO1)c1ccc(Br)c(C(F)(F)F)c1. The highest BCUT2D eigenvalue weighted by Crippen LogP contribution is 2.37. The number of hydrogen-bond acceptors (Lipinski definition) is 2. The third-order valence-electron chi connectivity index (χ3n) is 3.47. The first kappa shape index (κ1) is 15.8. The number of benzene rings is 1. The van der Waals surface area contributed by atoms with Crippen molar-refractivity contribution in [3.8, 4) is 0 Å². The van der Waals surface area contributed by atoms with Crippen molar-refractivity contribution in [1.29, 1.82) is 0 Å². The quantitative estimate of drug-likeness (QED) is 0.866. The first-order chi connectivity index (χ1) is 9.38. The average Bonchev–Trinajstić information content (AvgIpc) is 2.88. The molecule has 2 nitrogen and oxygen atoms in total. The van der Waals surface area contributed by atoms with E-state index >= 15 is 0 Å². The Balaban J connectivity index is 2.03. The fraction of sp³-hybridized carbons (Fsp3) is 0.571. The van der Waals surface area contributed by atoms with Crippen LogP contribution in [0.1, 0.15) is 42.9 Å². The summed E-state index contributed by atoms with van der Waals surface area (Å²) >= 11 is 2.89. The van der Waals surface area contributed by atoms with Gasteiger partial charge in [0.2, 0.25) is 0 Å². The molecule has 1 aliphatic heterocycles. The lowest BCUT2D eigenvalue weighted by Gasteiger charge is -2.16. The Kier molecular flexibility index (Phi) is 5.09. The Labute approximate surface area is 124 Å². The molecule has 2 unspecified atom stereocenters. The van der Waals surface area contributed by atoms with Gasteiger partial charge in [-0.25, -0.2) is 0 Å². The molecule has 1 aromatic rings. The van der Waals surface area contributed by atoms with E-state index in [0.717, 1.165) is 25.5 Å². The van der Waals surface area contributed by atoms with Gasteiger partial charge in [0.15, 0.2) is 0 Å². The predicted molar refractivity (Wildman–Crippen MR) is 72.3 cm³/mol. The van der Waals surface area contributed by atoms with Crippen molar-refractivity contribution in [2.75, 3.05) is 6.61 Å². The van der Waals surface area contributed by atoms with Crippen LogP contribution in [0.25, 0.3) is 0 Å². The van der Waals surface area contributed by atoms with E-state index in [9.17, 15) is 18.3 Å². The maximum Gasteiger partial charge on any atom is 0.417 e. The zero-order chi connectivity index (χ0) is 14.8. The molecule has 0 radical (unpaired) electrons. The van der Waals surface area contributed by atoms with Crippen LogP contribution < -0.4 is 0 Å². The van der Waals surface area contributed by atoms with Gasteiger partial charge in [0.1, 0.15) is 0 Å². The molecule has 0 aromatic heterocycles. The fourth-order valence-corrected chi connectivity index (χ4v) is 2.82. The highest BCUT2D eigenvalue weighted by atomic mass is 79.9. The van der Waals surface area contributed by atoms with Gasteiger partial charge in [-0.15, -0.1) is 0 Å². The van der Waals surface area contributed by atoms with E-state index in [2.05, 4.69) is 15.9 Å². The van der Waals surface area contributed by atoms with Crippen molar-refractivity contribution in [1.82, 2.24) is 0 Å². The van der Waals surface area contributed by atoms with Crippen LogP contribution in [0, 0.1) is 0 Å². The van der Waals surface area contributed by atoms with Crippen LogP contribution in [-0.2, 0) is 10.9 Å². The molecule has 20 heavy (non-hydrogen) atoms. The van der Waals surface area contributed by atoms with E-state index in [-0.39, 0.29) is 10.6 Å². The standard InChI is InChI=1S/C14H16BrF3O2/c15-12-5-3-9(8-11(12)14(16,17)18)13(19)6-4-10-2-1-7-20-10/h3,5,8,10,13,19H,1-2,4,6-7H2. The number of aliphatic hydroxyl groups is 1. The molecule has 112 valence electrons. The van der Waals surface area contributed by atoms with Crippen molar-refractivity contribution in [2.45, 2.75) is 44.1 Å². The second kappa shape index (κ2) is 6.45. The van der Waals surface area contributed by atoms with Crippen molar-refractivity contribution < 1.29 is 23.0 Å². The van der Waals surface area contributed by atoms with E-state index in [1.807, 2.05) is 0 Å². The largest absolute Gasteiger partial charge is 0.417 e. The summed E-state index contributed by atoms with van der Waals surface area (Å²) in [5.74, 6) is 0. The van der Waals surface area contributed by atoms with Gasteiger partial charge in [-0.2, -0.15) is 13.2 Å². The summed E-state index contributed by atoms with van der Waals surface area (Å²) in [4.78, 5) is 0. The number of rotatable bonds is 4. The van der Waals surface area contributed by atoms with Crippen molar-refractivity contribution >= 4 is 15.9 Å². The lowest BCUT2D eigenvalue weighted by molar-refractivity contribution is -0.138. The van der Waals surface area contributed by atoms with Crippen molar-refractivity contribution in [3.63, 3.8) is 0 Å². The number of ether oxygens (including phenoxy) is 1. The number of hydrogen-bond donors (Lipinski definition) is 1. The van der Waals surface area contributed by atoms with Gasteiger partial charge in [-0.1, -0.05) is 22.0 Å². The number of halogens is 4. The van der Waals surface area contributed by atoms with Gasteiger partial charge in [0.25, 0.3) is 0 Å². The molecule has 1 aliphatic rings. The fourth-order valence-electron chi connectivity index (χ4n) is 2.35.